The van der Waals surface area contributed by atoms with Crippen molar-refractivity contribution in [2.75, 3.05) is 17.1 Å². The maximum Gasteiger partial charge on any atom is 0.262 e. The molecule has 4 rings (SSSR count). The first-order valence-corrected chi connectivity index (χ1v) is 12.4. The quantitative estimate of drug-likeness (QED) is 0.540. The molecule has 31 heavy (non-hydrogen) atoms. The second-order valence-corrected chi connectivity index (χ2v) is 10.8. The molecule has 9 heteroatoms. The molecule has 166 valence electrons. The van der Waals surface area contributed by atoms with Gasteiger partial charge in [0.15, 0.2) is 0 Å². The highest BCUT2D eigenvalue weighted by molar-refractivity contribution is 7.92. The van der Waals surface area contributed by atoms with E-state index in [0.717, 1.165) is 12.3 Å². The van der Waals surface area contributed by atoms with Crippen molar-refractivity contribution in [2.24, 2.45) is 17.8 Å². The van der Waals surface area contributed by atoms with Crippen LogP contribution in [0, 0.1) is 17.8 Å². The van der Waals surface area contributed by atoms with Gasteiger partial charge in [0, 0.05) is 12.1 Å². The van der Waals surface area contributed by atoms with Crippen LogP contribution in [0.3, 0.4) is 0 Å². The smallest absolute Gasteiger partial charge is 0.262 e. The molecule has 0 aliphatic heterocycles. The monoisotopic (exact) mass is 482 g/mol. The number of ether oxygens (including phenoxy) is 1. The van der Waals surface area contributed by atoms with Gasteiger partial charge in [-0.2, -0.15) is 0 Å². The molecule has 0 unspecified atom stereocenters. The van der Waals surface area contributed by atoms with E-state index < -0.39 is 10.0 Å². The number of benzene rings is 2. The van der Waals surface area contributed by atoms with Gasteiger partial charge >= 0.3 is 0 Å². The molecular weight excluding hydrogens is 459 g/mol. The Hall–Kier alpha value is -1.96. The zero-order valence-electron chi connectivity index (χ0n) is 17.0. The van der Waals surface area contributed by atoms with Gasteiger partial charge in [-0.15, -0.1) is 0 Å². The molecule has 2 aliphatic carbocycles. The summed E-state index contributed by atoms with van der Waals surface area (Å²) in [4.78, 5) is 12.5. The van der Waals surface area contributed by atoms with Gasteiger partial charge in [-0.05, 0) is 73.4 Å². The van der Waals surface area contributed by atoms with Crippen molar-refractivity contribution in [1.29, 1.82) is 0 Å². The van der Waals surface area contributed by atoms with Crippen LogP contribution in [0.2, 0.25) is 10.0 Å². The molecule has 2 aliphatic rings. The molecule has 0 heterocycles. The Morgan fingerprint density at radius 2 is 1.90 bits per heavy atom. The summed E-state index contributed by atoms with van der Waals surface area (Å²) in [5, 5.41) is 3.29. The third-order valence-electron chi connectivity index (χ3n) is 6.26. The van der Waals surface area contributed by atoms with Crippen LogP contribution in [-0.2, 0) is 14.8 Å². The summed E-state index contributed by atoms with van der Waals surface area (Å²) in [6.07, 6.45) is 5.41. The van der Waals surface area contributed by atoms with Crippen LogP contribution in [0.25, 0.3) is 0 Å². The standard InChI is InChI=1S/C22H24Cl2N2O4S/c1-30-21-7-4-16(25-22(27)10-15-9-13-2-3-14(15)8-13)11-20(21)26-31(28,29)17-5-6-18(23)19(24)12-17/h4-7,11-15,26H,2-3,8-10H2,1H3,(H,25,27)/t13-,14-,15+/m1/s1. The minimum atomic E-state index is -3.94. The zero-order valence-corrected chi connectivity index (χ0v) is 19.4. The summed E-state index contributed by atoms with van der Waals surface area (Å²) >= 11 is 11.8. The molecule has 0 radical (unpaired) electrons. The van der Waals surface area contributed by atoms with Crippen LogP contribution in [0.5, 0.6) is 5.75 Å². The van der Waals surface area contributed by atoms with E-state index in [0.29, 0.717) is 29.7 Å². The van der Waals surface area contributed by atoms with Crippen LogP contribution < -0.4 is 14.8 Å². The number of carbonyl (C=O) groups excluding carboxylic acids is 1. The summed E-state index contributed by atoms with van der Waals surface area (Å²) in [6.45, 7) is 0. The van der Waals surface area contributed by atoms with Crippen LogP contribution in [-0.4, -0.2) is 21.4 Å². The van der Waals surface area contributed by atoms with Crippen molar-refractivity contribution in [1.82, 2.24) is 0 Å². The van der Waals surface area contributed by atoms with Gasteiger partial charge in [0.1, 0.15) is 5.75 Å². The van der Waals surface area contributed by atoms with Crippen molar-refractivity contribution in [3.8, 4) is 5.75 Å². The fourth-order valence-corrected chi connectivity index (χ4v) is 6.24. The normalized spacial score (nSPS) is 22.4. The maximum atomic E-state index is 12.8. The van der Waals surface area contributed by atoms with Crippen LogP contribution in [0.1, 0.15) is 32.1 Å². The lowest BCUT2D eigenvalue weighted by Crippen LogP contribution is -2.20. The lowest BCUT2D eigenvalue weighted by Gasteiger charge is -2.21. The third-order valence-corrected chi connectivity index (χ3v) is 8.36. The molecule has 2 N–H and O–H groups in total. The number of halogens is 2. The van der Waals surface area contributed by atoms with E-state index in [1.165, 1.54) is 44.6 Å². The minimum absolute atomic E-state index is 0.0327. The second-order valence-electron chi connectivity index (χ2n) is 8.28. The van der Waals surface area contributed by atoms with Gasteiger partial charge in [0.2, 0.25) is 5.91 Å². The predicted molar refractivity (Wildman–Crippen MR) is 122 cm³/mol. The van der Waals surface area contributed by atoms with Crippen molar-refractivity contribution in [2.45, 2.75) is 37.0 Å². The van der Waals surface area contributed by atoms with Crippen LogP contribution in [0.15, 0.2) is 41.3 Å². The van der Waals surface area contributed by atoms with E-state index in [9.17, 15) is 13.2 Å². The topological polar surface area (TPSA) is 84.5 Å². The molecule has 0 saturated heterocycles. The Kier molecular flexibility index (Phi) is 6.37. The highest BCUT2D eigenvalue weighted by Crippen LogP contribution is 2.49. The molecule has 2 fully saturated rings. The molecular formula is C22H24Cl2N2O4S. The predicted octanol–water partition coefficient (Wildman–Crippen LogP) is 5.57. The molecule has 1 amide bonds. The molecule has 2 bridgehead atoms. The number of methoxy groups -OCH3 is 1. The Labute approximate surface area is 192 Å². The Balaban J connectivity index is 1.49. The van der Waals surface area contributed by atoms with E-state index in [1.54, 1.807) is 18.2 Å². The number of rotatable bonds is 7. The molecule has 6 nitrogen and oxygen atoms in total. The van der Waals surface area contributed by atoms with E-state index in [1.807, 2.05) is 0 Å². The Bertz CT molecular complexity index is 1110. The molecule has 0 aromatic heterocycles. The lowest BCUT2D eigenvalue weighted by molar-refractivity contribution is -0.117. The van der Waals surface area contributed by atoms with E-state index in [4.69, 9.17) is 27.9 Å². The summed E-state index contributed by atoms with van der Waals surface area (Å²) in [5.74, 6) is 2.17. The number of hydrogen-bond donors (Lipinski definition) is 2. The van der Waals surface area contributed by atoms with Crippen molar-refractivity contribution < 1.29 is 17.9 Å². The summed E-state index contributed by atoms with van der Waals surface area (Å²) < 4.78 is 33.4. The number of fused-ring (bicyclic) bond motifs is 2. The highest BCUT2D eigenvalue weighted by atomic mass is 35.5. The van der Waals surface area contributed by atoms with Gasteiger partial charge in [0.25, 0.3) is 10.0 Å². The van der Waals surface area contributed by atoms with Gasteiger partial charge < -0.3 is 10.1 Å². The van der Waals surface area contributed by atoms with Crippen LogP contribution in [0.4, 0.5) is 11.4 Å². The first kappa shape index (κ1) is 22.2. The number of sulfonamides is 1. The minimum Gasteiger partial charge on any atom is -0.495 e. The first-order valence-electron chi connectivity index (χ1n) is 10.2. The van der Waals surface area contributed by atoms with Gasteiger partial charge in [-0.3, -0.25) is 9.52 Å². The Morgan fingerprint density at radius 3 is 2.55 bits per heavy atom. The van der Waals surface area contributed by atoms with Crippen molar-refractivity contribution in [3.05, 3.63) is 46.4 Å². The first-order chi connectivity index (χ1) is 14.7. The molecule has 2 aromatic rings. The fraction of sp³-hybridized carbons (Fsp3) is 0.409. The van der Waals surface area contributed by atoms with Gasteiger partial charge in [-0.25, -0.2) is 8.42 Å². The van der Waals surface area contributed by atoms with Crippen LogP contribution >= 0.6 is 23.2 Å². The number of amides is 1. The van der Waals surface area contributed by atoms with Crippen molar-refractivity contribution >= 4 is 50.5 Å². The zero-order chi connectivity index (χ0) is 22.2. The summed E-state index contributed by atoms with van der Waals surface area (Å²) in [5.41, 5.74) is 0.715. The Morgan fingerprint density at radius 1 is 1.10 bits per heavy atom. The highest BCUT2D eigenvalue weighted by Gasteiger charge is 2.40. The van der Waals surface area contributed by atoms with Crippen molar-refractivity contribution in [3.63, 3.8) is 0 Å². The summed E-state index contributed by atoms with van der Waals surface area (Å²) in [6, 6.07) is 8.91. The maximum absolute atomic E-state index is 12.8. The molecule has 0 spiro atoms. The average molecular weight is 483 g/mol. The lowest BCUT2D eigenvalue weighted by atomic mass is 9.86. The average Bonchev–Trinajstić information content (AvgIpc) is 3.33. The van der Waals surface area contributed by atoms with E-state index in [2.05, 4.69) is 10.0 Å². The van der Waals surface area contributed by atoms with E-state index >= 15 is 0 Å². The summed E-state index contributed by atoms with van der Waals surface area (Å²) in [7, 11) is -2.50. The number of anilines is 2. The number of carbonyl (C=O) groups is 1. The second kappa shape index (κ2) is 8.88. The SMILES string of the molecule is COc1ccc(NC(=O)C[C@@H]2C[C@@H]3CC[C@@H]2C3)cc1NS(=O)(=O)c1ccc(Cl)c(Cl)c1. The largest absolute Gasteiger partial charge is 0.495 e. The van der Waals surface area contributed by atoms with Gasteiger partial charge in [0.05, 0.1) is 27.7 Å². The molecule has 3 atom stereocenters. The number of hydrogen-bond acceptors (Lipinski definition) is 4. The molecule has 2 saturated carbocycles. The molecule has 2 aromatic carbocycles. The van der Waals surface area contributed by atoms with E-state index in [-0.39, 0.29) is 26.5 Å². The fourth-order valence-electron chi connectivity index (χ4n) is 4.79. The van der Waals surface area contributed by atoms with Gasteiger partial charge in [-0.1, -0.05) is 29.6 Å². The third kappa shape index (κ3) is 4.94. The number of nitrogens with one attached hydrogen (secondary N) is 2.